The van der Waals surface area contributed by atoms with E-state index in [1.54, 1.807) is 19.0 Å². The standard InChI is InChI=1S/C18H21N3O.ClH/c1-21(2)18(22)14-6-8-16(9-7-14)20-12-15-5-3-4-13-10-11-19-17(13)15;/h3-9,19-20H,10-12H2,1-2H3;1H. The van der Waals surface area contributed by atoms with Gasteiger partial charge >= 0.3 is 0 Å². The largest absolute Gasteiger partial charge is 0.384 e. The van der Waals surface area contributed by atoms with Gasteiger partial charge < -0.3 is 15.5 Å². The van der Waals surface area contributed by atoms with Gasteiger partial charge in [0, 0.05) is 44.1 Å². The van der Waals surface area contributed by atoms with E-state index in [0.717, 1.165) is 25.2 Å². The summed E-state index contributed by atoms with van der Waals surface area (Å²) in [5.41, 5.74) is 5.67. The molecule has 1 amide bonds. The van der Waals surface area contributed by atoms with Crippen LogP contribution in [0.1, 0.15) is 21.5 Å². The SMILES string of the molecule is CN(C)C(=O)c1ccc(NCc2cccc3c2NCC3)cc1.Cl. The fourth-order valence-electron chi connectivity index (χ4n) is 2.74. The number of carbonyl (C=O) groups excluding carboxylic acids is 1. The third-order valence-corrected chi connectivity index (χ3v) is 3.95. The minimum Gasteiger partial charge on any atom is -0.384 e. The van der Waals surface area contributed by atoms with Gasteiger partial charge in [-0.1, -0.05) is 18.2 Å². The van der Waals surface area contributed by atoms with Crippen LogP contribution in [0.25, 0.3) is 0 Å². The number of benzene rings is 2. The summed E-state index contributed by atoms with van der Waals surface area (Å²) in [6.07, 6.45) is 1.10. The smallest absolute Gasteiger partial charge is 0.253 e. The molecule has 0 aromatic heterocycles. The molecule has 2 N–H and O–H groups in total. The highest BCUT2D eigenvalue weighted by Crippen LogP contribution is 2.27. The Bertz CT molecular complexity index is 683. The number of hydrogen-bond acceptors (Lipinski definition) is 3. The molecule has 0 fully saturated rings. The Balaban J connectivity index is 0.00000192. The molecule has 0 saturated heterocycles. The van der Waals surface area contributed by atoms with E-state index >= 15 is 0 Å². The first-order valence-corrected chi connectivity index (χ1v) is 7.55. The molecule has 5 heteroatoms. The van der Waals surface area contributed by atoms with Gasteiger partial charge in [0.15, 0.2) is 0 Å². The lowest BCUT2D eigenvalue weighted by molar-refractivity contribution is 0.0827. The Morgan fingerprint density at radius 3 is 2.61 bits per heavy atom. The van der Waals surface area contributed by atoms with E-state index < -0.39 is 0 Å². The van der Waals surface area contributed by atoms with Gasteiger partial charge in [0.2, 0.25) is 0 Å². The maximum absolute atomic E-state index is 11.9. The van der Waals surface area contributed by atoms with E-state index in [9.17, 15) is 4.79 Å². The number of halogens is 1. The molecule has 0 spiro atoms. The Labute approximate surface area is 143 Å². The van der Waals surface area contributed by atoms with Crippen LogP contribution < -0.4 is 10.6 Å². The number of rotatable bonds is 4. The van der Waals surface area contributed by atoms with E-state index in [-0.39, 0.29) is 18.3 Å². The minimum absolute atomic E-state index is 0. The molecule has 1 heterocycles. The highest BCUT2D eigenvalue weighted by molar-refractivity contribution is 5.94. The maximum Gasteiger partial charge on any atom is 0.253 e. The minimum atomic E-state index is 0. The van der Waals surface area contributed by atoms with Gasteiger partial charge in [-0.05, 0) is 41.8 Å². The Hall–Kier alpha value is -2.20. The molecule has 1 aliphatic rings. The van der Waals surface area contributed by atoms with Crippen LogP contribution in [0, 0.1) is 0 Å². The highest BCUT2D eigenvalue weighted by atomic mass is 35.5. The van der Waals surface area contributed by atoms with Gasteiger partial charge in [-0.25, -0.2) is 0 Å². The van der Waals surface area contributed by atoms with Crippen LogP contribution in [0.3, 0.4) is 0 Å². The summed E-state index contributed by atoms with van der Waals surface area (Å²) in [7, 11) is 3.52. The molecule has 3 rings (SSSR count). The summed E-state index contributed by atoms with van der Waals surface area (Å²) in [4.78, 5) is 13.4. The van der Waals surface area contributed by atoms with Crippen molar-refractivity contribution in [3.63, 3.8) is 0 Å². The molecule has 122 valence electrons. The molecule has 0 unspecified atom stereocenters. The van der Waals surface area contributed by atoms with Crippen LogP contribution in [0.2, 0.25) is 0 Å². The molecule has 4 nitrogen and oxygen atoms in total. The first kappa shape index (κ1) is 17.2. The number of nitrogens with one attached hydrogen (secondary N) is 2. The number of amides is 1. The number of carbonyl (C=O) groups is 1. The van der Waals surface area contributed by atoms with Crippen molar-refractivity contribution in [3.05, 3.63) is 59.2 Å². The maximum atomic E-state index is 11.9. The van der Waals surface area contributed by atoms with Crippen molar-refractivity contribution in [1.82, 2.24) is 4.90 Å². The molecule has 0 aliphatic carbocycles. The number of para-hydroxylation sites is 1. The van der Waals surface area contributed by atoms with E-state index in [1.165, 1.54) is 16.8 Å². The average molecular weight is 332 g/mol. The molecular formula is C18H22ClN3O. The van der Waals surface area contributed by atoms with Gasteiger partial charge in [-0.2, -0.15) is 0 Å². The van der Waals surface area contributed by atoms with E-state index in [2.05, 4.69) is 28.8 Å². The lowest BCUT2D eigenvalue weighted by Crippen LogP contribution is -2.21. The van der Waals surface area contributed by atoms with Gasteiger partial charge in [0.1, 0.15) is 0 Å². The van der Waals surface area contributed by atoms with E-state index in [0.29, 0.717) is 5.56 Å². The second kappa shape index (κ2) is 7.38. The molecule has 0 atom stereocenters. The summed E-state index contributed by atoms with van der Waals surface area (Å²) in [5.74, 6) is 0.0247. The summed E-state index contributed by atoms with van der Waals surface area (Å²) >= 11 is 0. The van der Waals surface area contributed by atoms with Crippen LogP contribution >= 0.6 is 12.4 Å². The molecule has 0 saturated carbocycles. The zero-order chi connectivity index (χ0) is 15.5. The predicted octanol–water partition coefficient (Wildman–Crippen LogP) is 3.39. The normalized spacial score (nSPS) is 11.9. The fourth-order valence-corrected chi connectivity index (χ4v) is 2.74. The van der Waals surface area contributed by atoms with Crippen LogP contribution in [0.4, 0.5) is 11.4 Å². The van der Waals surface area contributed by atoms with Crippen molar-refractivity contribution >= 4 is 29.7 Å². The van der Waals surface area contributed by atoms with Crippen LogP contribution in [0.5, 0.6) is 0 Å². The van der Waals surface area contributed by atoms with Gasteiger partial charge in [0.05, 0.1) is 0 Å². The van der Waals surface area contributed by atoms with Crippen molar-refractivity contribution < 1.29 is 4.79 Å². The molecule has 23 heavy (non-hydrogen) atoms. The number of hydrogen-bond donors (Lipinski definition) is 2. The zero-order valence-electron chi connectivity index (χ0n) is 13.4. The Morgan fingerprint density at radius 2 is 1.91 bits per heavy atom. The van der Waals surface area contributed by atoms with Crippen molar-refractivity contribution in [1.29, 1.82) is 0 Å². The monoisotopic (exact) mass is 331 g/mol. The topological polar surface area (TPSA) is 44.4 Å². The van der Waals surface area contributed by atoms with Crippen molar-refractivity contribution in [3.8, 4) is 0 Å². The number of nitrogens with zero attached hydrogens (tertiary/aromatic N) is 1. The lowest BCUT2D eigenvalue weighted by atomic mass is 10.1. The van der Waals surface area contributed by atoms with E-state index in [1.807, 2.05) is 24.3 Å². The summed E-state index contributed by atoms with van der Waals surface area (Å²) in [6, 6.07) is 14.1. The highest BCUT2D eigenvalue weighted by Gasteiger charge is 2.13. The van der Waals surface area contributed by atoms with Crippen LogP contribution in [0.15, 0.2) is 42.5 Å². The molecule has 2 aromatic carbocycles. The van der Waals surface area contributed by atoms with Gasteiger partial charge in [-0.15, -0.1) is 12.4 Å². The molecular weight excluding hydrogens is 310 g/mol. The molecule has 2 aromatic rings. The zero-order valence-corrected chi connectivity index (χ0v) is 14.2. The second-order valence-corrected chi connectivity index (χ2v) is 5.76. The Kier molecular flexibility index (Phi) is 5.50. The molecule has 1 aliphatic heterocycles. The third kappa shape index (κ3) is 3.77. The average Bonchev–Trinajstić information content (AvgIpc) is 3.01. The first-order chi connectivity index (χ1) is 10.6. The predicted molar refractivity (Wildman–Crippen MR) is 97.7 cm³/mol. The van der Waals surface area contributed by atoms with Gasteiger partial charge in [-0.3, -0.25) is 4.79 Å². The summed E-state index contributed by atoms with van der Waals surface area (Å²) in [5, 5.41) is 6.87. The third-order valence-electron chi connectivity index (χ3n) is 3.95. The van der Waals surface area contributed by atoms with Gasteiger partial charge in [0.25, 0.3) is 5.91 Å². The van der Waals surface area contributed by atoms with Crippen molar-refractivity contribution in [2.24, 2.45) is 0 Å². The van der Waals surface area contributed by atoms with Crippen molar-refractivity contribution in [2.45, 2.75) is 13.0 Å². The number of fused-ring (bicyclic) bond motifs is 1. The quantitative estimate of drug-likeness (QED) is 0.902. The molecule has 0 radical (unpaired) electrons. The Morgan fingerprint density at radius 1 is 1.17 bits per heavy atom. The number of anilines is 2. The summed E-state index contributed by atoms with van der Waals surface area (Å²) in [6.45, 7) is 1.80. The second-order valence-electron chi connectivity index (χ2n) is 5.76. The lowest BCUT2D eigenvalue weighted by Gasteiger charge is -2.13. The molecule has 0 bridgehead atoms. The van der Waals surface area contributed by atoms with Crippen LogP contribution in [-0.4, -0.2) is 31.4 Å². The first-order valence-electron chi connectivity index (χ1n) is 7.55. The fraction of sp³-hybridized carbons (Fsp3) is 0.278. The van der Waals surface area contributed by atoms with E-state index in [4.69, 9.17) is 0 Å². The van der Waals surface area contributed by atoms with Crippen molar-refractivity contribution in [2.75, 3.05) is 31.3 Å². The summed E-state index contributed by atoms with van der Waals surface area (Å²) < 4.78 is 0. The van der Waals surface area contributed by atoms with Crippen LogP contribution in [-0.2, 0) is 13.0 Å².